The Labute approximate surface area is 156 Å². The summed E-state index contributed by atoms with van der Waals surface area (Å²) >= 11 is 0. The van der Waals surface area contributed by atoms with Crippen LogP contribution >= 0.6 is 0 Å². The third-order valence-electron chi connectivity index (χ3n) is 4.16. The van der Waals surface area contributed by atoms with Crippen LogP contribution in [0.25, 0.3) is 17.4 Å². The van der Waals surface area contributed by atoms with Gasteiger partial charge in [-0.1, -0.05) is 12.1 Å². The molecule has 1 aromatic heterocycles. The van der Waals surface area contributed by atoms with Gasteiger partial charge in [-0.2, -0.15) is 0 Å². The minimum Gasteiger partial charge on any atom is -0.490 e. The molecule has 0 spiro atoms. The molecule has 136 valence electrons. The number of aromatic nitrogens is 1. The Hall–Kier alpha value is -3.54. The highest BCUT2D eigenvalue weighted by Gasteiger charge is 2.20. The van der Waals surface area contributed by atoms with E-state index in [1.807, 2.05) is 55.5 Å². The van der Waals surface area contributed by atoms with Gasteiger partial charge in [-0.25, -0.2) is 4.98 Å². The van der Waals surface area contributed by atoms with Crippen LogP contribution in [0.5, 0.6) is 11.5 Å². The average molecular weight is 362 g/mol. The Balaban J connectivity index is 1.49. The molecule has 1 aliphatic rings. The van der Waals surface area contributed by atoms with Crippen molar-refractivity contribution in [1.29, 1.82) is 0 Å². The Morgan fingerprint density at radius 2 is 2.07 bits per heavy atom. The van der Waals surface area contributed by atoms with Crippen molar-refractivity contribution < 1.29 is 18.7 Å². The summed E-state index contributed by atoms with van der Waals surface area (Å²) in [7, 11) is 0. The van der Waals surface area contributed by atoms with Gasteiger partial charge in [-0.15, -0.1) is 0 Å². The zero-order valence-corrected chi connectivity index (χ0v) is 14.8. The standard InChI is InChI=1S/C21H18N2O4/c1-2-25-18-5-3-4-15-10-16(12-26-20(15)18)21(24)23-17-8-6-14(7-9-17)19-11-22-13-27-19/h3-11,13H,2,12H2,1H3,(H,23,24). The van der Waals surface area contributed by atoms with Gasteiger partial charge in [0.15, 0.2) is 23.7 Å². The van der Waals surface area contributed by atoms with Gasteiger partial charge in [0.2, 0.25) is 0 Å². The van der Waals surface area contributed by atoms with E-state index in [1.165, 1.54) is 6.39 Å². The predicted molar refractivity (Wildman–Crippen MR) is 102 cm³/mol. The lowest BCUT2D eigenvalue weighted by Gasteiger charge is -2.20. The maximum absolute atomic E-state index is 12.6. The molecule has 2 aromatic carbocycles. The maximum Gasteiger partial charge on any atom is 0.255 e. The van der Waals surface area contributed by atoms with E-state index in [0.29, 0.717) is 35.1 Å². The van der Waals surface area contributed by atoms with Crippen LogP contribution < -0.4 is 14.8 Å². The van der Waals surface area contributed by atoms with Crippen molar-refractivity contribution in [2.24, 2.45) is 0 Å². The molecule has 0 saturated heterocycles. The number of ether oxygens (including phenoxy) is 2. The zero-order valence-electron chi connectivity index (χ0n) is 14.8. The van der Waals surface area contributed by atoms with Gasteiger partial charge < -0.3 is 19.2 Å². The van der Waals surface area contributed by atoms with Crippen LogP contribution in [0.15, 0.2) is 65.0 Å². The number of hydrogen-bond acceptors (Lipinski definition) is 5. The van der Waals surface area contributed by atoms with Gasteiger partial charge in [-0.05, 0) is 43.3 Å². The fraction of sp³-hybridized carbons (Fsp3) is 0.143. The monoisotopic (exact) mass is 362 g/mol. The van der Waals surface area contributed by atoms with E-state index in [9.17, 15) is 4.79 Å². The molecule has 1 amide bonds. The van der Waals surface area contributed by atoms with E-state index in [0.717, 1.165) is 11.1 Å². The molecule has 0 unspecified atom stereocenters. The van der Waals surface area contributed by atoms with Gasteiger partial charge in [0.1, 0.15) is 6.61 Å². The molecule has 0 aliphatic carbocycles. The first-order valence-corrected chi connectivity index (χ1v) is 8.64. The molecule has 0 bridgehead atoms. The van der Waals surface area contributed by atoms with E-state index in [2.05, 4.69) is 10.3 Å². The number of rotatable bonds is 5. The largest absolute Gasteiger partial charge is 0.490 e. The molecule has 4 rings (SSSR count). The van der Waals surface area contributed by atoms with Crippen LogP contribution in [0.2, 0.25) is 0 Å². The highest BCUT2D eigenvalue weighted by molar-refractivity contribution is 6.07. The molecule has 3 aromatic rings. The van der Waals surface area contributed by atoms with Gasteiger partial charge >= 0.3 is 0 Å². The number of nitrogens with zero attached hydrogens (tertiary/aromatic N) is 1. The quantitative estimate of drug-likeness (QED) is 0.738. The fourth-order valence-electron chi connectivity index (χ4n) is 2.87. The van der Waals surface area contributed by atoms with Gasteiger partial charge in [0.25, 0.3) is 5.91 Å². The first kappa shape index (κ1) is 16.9. The normalized spacial score (nSPS) is 12.6. The van der Waals surface area contributed by atoms with Crippen LogP contribution in [-0.4, -0.2) is 24.1 Å². The SMILES string of the molecule is CCOc1cccc2c1OCC(C(=O)Nc1ccc(-c3cnco3)cc1)=C2. The summed E-state index contributed by atoms with van der Waals surface area (Å²) < 4.78 is 16.6. The Kier molecular flexibility index (Phi) is 4.61. The van der Waals surface area contributed by atoms with Crippen LogP contribution in [-0.2, 0) is 4.79 Å². The minimum absolute atomic E-state index is 0.194. The third-order valence-corrected chi connectivity index (χ3v) is 4.16. The summed E-state index contributed by atoms with van der Waals surface area (Å²) in [5.41, 5.74) is 2.97. The molecule has 0 atom stereocenters. The molecular formula is C21H18N2O4. The number of benzene rings is 2. The van der Waals surface area contributed by atoms with Crippen molar-refractivity contribution in [1.82, 2.24) is 4.98 Å². The number of carbonyl (C=O) groups is 1. The Morgan fingerprint density at radius 1 is 1.22 bits per heavy atom. The molecule has 0 radical (unpaired) electrons. The molecule has 27 heavy (non-hydrogen) atoms. The summed E-state index contributed by atoms with van der Waals surface area (Å²) in [4.78, 5) is 16.5. The summed E-state index contributed by atoms with van der Waals surface area (Å²) in [6.07, 6.45) is 4.86. The smallest absolute Gasteiger partial charge is 0.255 e. The van der Waals surface area contributed by atoms with Crippen molar-refractivity contribution in [2.45, 2.75) is 6.92 Å². The summed E-state index contributed by atoms with van der Waals surface area (Å²) in [5, 5.41) is 2.89. The molecule has 6 heteroatoms. The lowest BCUT2D eigenvalue weighted by molar-refractivity contribution is -0.113. The van der Waals surface area contributed by atoms with Crippen molar-refractivity contribution in [3.05, 3.63) is 66.2 Å². The Bertz CT molecular complexity index is 976. The fourth-order valence-corrected chi connectivity index (χ4v) is 2.87. The first-order chi connectivity index (χ1) is 13.2. The summed E-state index contributed by atoms with van der Waals surface area (Å²) in [6.45, 7) is 2.67. The zero-order chi connectivity index (χ0) is 18.6. The number of carbonyl (C=O) groups excluding carboxylic acids is 1. The molecule has 2 heterocycles. The van der Waals surface area contributed by atoms with Crippen molar-refractivity contribution in [2.75, 3.05) is 18.5 Å². The number of fused-ring (bicyclic) bond motifs is 1. The van der Waals surface area contributed by atoms with E-state index < -0.39 is 0 Å². The minimum atomic E-state index is -0.199. The second-order valence-corrected chi connectivity index (χ2v) is 5.96. The molecule has 1 N–H and O–H groups in total. The van der Waals surface area contributed by atoms with Crippen LogP contribution in [0.3, 0.4) is 0 Å². The highest BCUT2D eigenvalue weighted by atomic mass is 16.5. The lowest BCUT2D eigenvalue weighted by Crippen LogP contribution is -2.21. The third kappa shape index (κ3) is 3.55. The topological polar surface area (TPSA) is 73.6 Å². The van der Waals surface area contributed by atoms with Crippen LogP contribution in [0, 0.1) is 0 Å². The molecule has 0 fully saturated rings. The second kappa shape index (κ2) is 7.37. The highest BCUT2D eigenvalue weighted by Crippen LogP contribution is 2.36. The van der Waals surface area contributed by atoms with Crippen LogP contribution in [0.4, 0.5) is 5.69 Å². The van der Waals surface area contributed by atoms with E-state index in [4.69, 9.17) is 13.9 Å². The number of anilines is 1. The van der Waals surface area contributed by atoms with Gasteiger partial charge in [-0.3, -0.25) is 4.79 Å². The van der Waals surface area contributed by atoms with E-state index in [1.54, 1.807) is 6.20 Å². The number of nitrogens with one attached hydrogen (secondary N) is 1. The molecule has 0 saturated carbocycles. The van der Waals surface area contributed by atoms with E-state index >= 15 is 0 Å². The van der Waals surface area contributed by atoms with Crippen LogP contribution in [0.1, 0.15) is 12.5 Å². The number of para-hydroxylation sites is 1. The van der Waals surface area contributed by atoms with Gasteiger partial charge in [0.05, 0.1) is 18.4 Å². The van der Waals surface area contributed by atoms with Crippen molar-refractivity contribution >= 4 is 17.7 Å². The molecule has 6 nitrogen and oxygen atoms in total. The second-order valence-electron chi connectivity index (χ2n) is 5.96. The van der Waals surface area contributed by atoms with Crippen molar-refractivity contribution in [3.63, 3.8) is 0 Å². The average Bonchev–Trinajstić information content (AvgIpc) is 3.23. The number of hydrogen-bond donors (Lipinski definition) is 1. The number of amides is 1. The maximum atomic E-state index is 12.6. The molecule has 1 aliphatic heterocycles. The molecular weight excluding hydrogens is 344 g/mol. The summed E-state index contributed by atoms with van der Waals surface area (Å²) in [6, 6.07) is 13.0. The lowest BCUT2D eigenvalue weighted by atomic mass is 10.1. The van der Waals surface area contributed by atoms with E-state index in [-0.39, 0.29) is 12.5 Å². The summed E-state index contributed by atoms with van der Waals surface area (Å²) in [5.74, 6) is 1.84. The number of oxazole rings is 1. The van der Waals surface area contributed by atoms with Crippen molar-refractivity contribution in [3.8, 4) is 22.8 Å². The first-order valence-electron chi connectivity index (χ1n) is 8.64. The Morgan fingerprint density at radius 3 is 2.81 bits per heavy atom. The van der Waals surface area contributed by atoms with Gasteiger partial charge in [0, 0.05) is 16.8 Å². The predicted octanol–water partition coefficient (Wildman–Crippen LogP) is 4.15.